The van der Waals surface area contributed by atoms with Crippen molar-refractivity contribution in [1.82, 2.24) is 5.32 Å². The van der Waals surface area contributed by atoms with Crippen molar-refractivity contribution in [3.05, 3.63) is 24.3 Å². The van der Waals surface area contributed by atoms with Gasteiger partial charge in [0.1, 0.15) is 13.2 Å². The van der Waals surface area contributed by atoms with E-state index in [1.165, 1.54) is 173 Å². The summed E-state index contributed by atoms with van der Waals surface area (Å²) in [5.74, 6) is -0.209. The fourth-order valence-electron chi connectivity index (χ4n) is 7.23. The second kappa shape index (κ2) is 41.3. The molecule has 0 heterocycles. The van der Waals surface area contributed by atoms with Crippen LogP contribution in [0.5, 0.6) is 0 Å². The van der Waals surface area contributed by atoms with Gasteiger partial charge < -0.3 is 28.8 Å². The van der Waals surface area contributed by atoms with Gasteiger partial charge in [-0.2, -0.15) is 0 Å². The van der Waals surface area contributed by atoms with Crippen LogP contribution in [0.3, 0.4) is 0 Å². The first-order valence-corrected chi connectivity index (χ1v) is 26.2. The van der Waals surface area contributed by atoms with Crippen molar-refractivity contribution in [2.45, 2.75) is 244 Å². The fourth-order valence-corrected chi connectivity index (χ4v) is 7.95. The lowest BCUT2D eigenvalue weighted by Crippen LogP contribution is -2.45. The summed E-state index contributed by atoms with van der Waals surface area (Å²) in [4.78, 5) is 25.2. The minimum atomic E-state index is -4.59. The number of nitrogens with one attached hydrogen (secondary N) is 1. The molecule has 1 amide bonds. The zero-order valence-electron chi connectivity index (χ0n) is 39.0. The maximum atomic E-state index is 12.8. The van der Waals surface area contributed by atoms with E-state index in [1.54, 1.807) is 6.08 Å². The predicted molar refractivity (Wildman–Crippen MR) is 247 cm³/mol. The van der Waals surface area contributed by atoms with Crippen LogP contribution in [-0.4, -0.2) is 68.5 Å². The van der Waals surface area contributed by atoms with Gasteiger partial charge in [-0.1, -0.05) is 218 Å². The molecule has 9 heteroatoms. The van der Waals surface area contributed by atoms with Crippen LogP contribution < -0.4 is 10.2 Å². The Kier molecular flexibility index (Phi) is 40.6. The van der Waals surface area contributed by atoms with Crippen LogP contribution in [-0.2, 0) is 18.4 Å². The van der Waals surface area contributed by atoms with E-state index in [-0.39, 0.29) is 19.1 Å². The number of hydrogen-bond acceptors (Lipinski definition) is 6. The fraction of sp³-hybridized carbons (Fsp3) is 0.898. The van der Waals surface area contributed by atoms with Gasteiger partial charge in [-0.25, -0.2) is 0 Å². The number of likely N-dealkylation sites (N-methyl/N-ethyl adjacent to an activating group) is 1. The molecule has 3 unspecified atom stereocenters. The molecule has 0 fully saturated rings. The molecule has 0 aromatic heterocycles. The van der Waals surface area contributed by atoms with E-state index in [9.17, 15) is 19.4 Å². The highest BCUT2D eigenvalue weighted by molar-refractivity contribution is 7.45. The van der Waals surface area contributed by atoms with Crippen LogP contribution in [0.1, 0.15) is 232 Å². The van der Waals surface area contributed by atoms with Gasteiger partial charge in [0, 0.05) is 6.42 Å². The maximum absolute atomic E-state index is 12.8. The third-order valence-corrected chi connectivity index (χ3v) is 12.1. The summed E-state index contributed by atoms with van der Waals surface area (Å²) in [5.41, 5.74) is 0. The Morgan fingerprint density at radius 3 is 1.40 bits per heavy atom. The molecular formula is C49H97N2O6P. The van der Waals surface area contributed by atoms with Gasteiger partial charge in [-0.3, -0.25) is 9.36 Å². The lowest BCUT2D eigenvalue weighted by molar-refractivity contribution is -0.870. The zero-order chi connectivity index (χ0) is 42.8. The Labute approximate surface area is 360 Å². The molecule has 3 atom stereocenters. The van der Waals surface area contributed by atoms with Gasteiger partial charge >= 0.3 is 0 Å². The second-order valence-corrected chi connectivity index (χ2v) is 19.6. The average Bonchev–Trinajstić information content (AvgIpc) is 3.17. The number of phosphoric acid groups is 1. The second-order valence-electron chi connectivity index (χ2n) is 18.2. The number of carbonyl (C=O) groups is 1. The predicted octanol–water partition coefficient (Wildman–Crippen LogP) is 13.5. The smallest absolute Gasteiger partial charge is 0.268 e. The number of carbonyl (C=O) groups excluding carboxylic acids is 1. The quantitative estimate of drug-likeness (QED) is 0.0274. The Morgan fingerprint density at radius 2 is 0.966 bits per heavy atom. The van der Waals surface area contributed by atoms with Crippen LogP contribution in [0.2, 0.25) is 0 Å². The number of hydrogen-bond donors (Lipinski definition) is 2. The molecule has 58 heavy (non-hydrogen) atoms. The number of aliphatic hydroxyl groups is 1. The monoisotopic (exact) mass is 841 g/mol. The van der Waals surface area contributed by atoms with Gasteiger partial charge in [-0.15, -0.1) is 0 Å². The third-order valence-electron chi connectivity index (χ3n) is 11.2. The molecule has 0 bridgehead atoms. The van der Waals surface area contributed by atoms with Crippen LogP contribution in [0.15, 0.2) is 24.3 Å². The molecule has 0 saturated carbocycles. The molecule has 2 N–H and O–H groups in total. The minimum Gasteiger partial charge on any atom is -0.756 e. The van der Waals surface area contributed by atoms with Crippen molar-refractivity contribution < 1.29 is 32.9 Å². The molecule has 0 saturated heterocycles. The van der Waals surface area contributed by atoms with Crippen molar-refractivity contribution >= 4 is 13.7 Å². The topological polar surface area (TPSA) is 108 Å². The van der Waals surface area contributed by atoms with Crippen LogP contribution >= 0.6 is 7.82 Å². The third kappa shape index (κ3) is 43.1. The van der Waals surface area contributed by atoms with Gasteiger partial charge in [0.25, 0.3) is 7.82 Å². The van der Waals surface area contributed by atoms with E-state index in [2.05, 4.69) is 31.3 Å². The zero-order valence-corrected chi connectivity index (χ0v) is 39.9. The number of allylic oxidation sites excluding steroid dienone is 3. The first kappa shape index (κ1) is 57.0. The van der Waals surface area contributed by atoms with Crippen molar-refractivity contribution in [3.63, 3.8) is 0 Å². The van der Waals surface area contributed by atoms with Gasteiger partial charge in [0.2, 0.25) is 5.91 Å². The Morgan fingerprint density at radius 1 is 0.586 bits per heavy atom. The van der Waals surface area contributed by atoms with Crippen LogP contribution in [0.25, 0.3) is 0 Å². The van der Waals surface area contributed by atoms with E-state index in [0.29, 0.717) is 17.4 Å². The molecular weight excluding hydrogens is 744 g/mol. The van der Waals surface area contributed by atoms with E-state index in [4.69, 9.17) is 9.05 Å². The van der Waals surface area contributed by atoms with E-state index in [0.717, 1.165) is 38.5 Å². The number of amides is 1. The summed E-state index contributed by atoms with van der Waals surface area (Å²) >= 11 is 0. The summed E-state index contributed by atoms with van der Waals surface area (Å²) in [6, 6.07) is -0.897. The standard InChI is InChI=1S/C49H97N2O6P/c1-6-8-10-12-14-16-17-18-19-20-21-22-23-24-25-26-27-28-29-30-31-32-33-35-36-38-40-42-48(52)47(46-57-58(54,55)56-45-44-51(3,4)5)50-49(53)43-41-39-37-34-15-13-11-9-7-2/h33,35,40,42,47-48,52H,6-32,34,36-39,41,43-46H2,1-5H3,(H-,50,53,54,55)/b35-33+,42-40+. The van der Waals surface area contributed by atoms with E-state index < -0.39 is 20.0 Å². The van der Waals surface area contributed by atoms with Crippen molar-refractivity contribution in [1.29, 1.82) is 0 Å². The largest absolute Gasteiger partial charge is 0.756 e. The summed E-state index contributed by atoms with van der Waals surface area (Å²) in [7, 11) is 1.25. The number of aliphatic hydroxyl groups excluding tert-OH is 1. The maximum Gasteiger partial charge on any atom is 0.268 e. The van der Waals surface area contributed by atoms with Gasteiger partial charge in [0.15, 0.2) is 0 Å². The minimum absolute atomic E-state index is 0.00447. The summed E-state index contributed by atoms with van der Waals surface area (Å²) < 4.78 is 23.2. The average molecular weight is 841 g/mol. The van der Waals surface area contributed by atoms with E-state index >= 15 is 0 Å². The Balaban J connectivity index is 4.17. The van der Waals surface area contributed by atoms with Crippen LogP contribution in [0, 0.1) is 0 Å². The highest BCUT2D eigenvalue weighted by Gasteiger charge is 2.23. The number of unbranched alkanes of at least 4 members (excludes halogenated alkanes) is 30. The highest BCUT2D eigenvalue weighted by Crippen LogP contribution is 2.38. The lowest BCUT2D eigenvalue weighted by atomic mass is 10.0. The molecule has 0 aliphatic heterocycles. The highest BCUT2D eigenvalue weighted by atomic mass is 31.2. The molecule has 344 valence electrons. The van der Waals surface area contributed by atoms with Crippen molar-refractivity contribution in [3.8, 4) is 0 Å². The summed E-state index contributed by atoms with van der Waals surface area (Å²) in [5, 5.41) is 13.7. The Hall–Kier alpha value is -1.02. The van der Waals surface area contributed by atoms with Crippen LogP contribution in [0.4, 0.5) is 0 Å². The summed E-state index contributed by atoms with van der Waals surface area (Å²) in [6.07, 6.45) is 49.8. The number of nitrogens with zero attached hydrogens (tertiary/aromatic N) is 1. The molecule has 0 rings (SSSR count). The van der Waals surface area contributed by atoms with E-state index in [1.807, 2.05) is 27.2 Å². The molecule has 8 nitrogen and oxygen atoms in total. The number of quaternary nitrogens is 1. The summed E-state index contributed by atoms with van der Waals surface area (Å²) in [6.45, 7) is 4.61. The SMILES string of the molecule is CCCCCCCCCCCCCCCCCCCCCCC/C=C/CC/C=C/C(O)C(COP(=O)([O-])OCC[N+](C)(C)C)NC(=O)CCCCCCCCCCC. The lowest BCUT2D eigenvalue weighted by Gasteiger charge is -2.29. The molecule has 0 aromatic carbocycles. The molecule has 0 radical (unpaired) electrons. The first-order chi connectivity index (χ1) is 28.0. The van der Waals surface area contributed by atoms with Crippen molar-refractivity contribution in [2.24, 2.45) is 0 Å². The van der Waals surface area contributed by atoms with Gasteiger partial charge in [-0.05, 0) is 32.1 Å². The molecule has 0 aromatic rings. The normalized spacial score (nSPS) is 14.4. The van der Waals surface area contributed by atoms with Gasteiger partial charge in [0.05, 0.1) is 39.9 Å². The molecule has 0 spiro atoms. The Bertz CT molecular complexity index is 1000. The number of rotatable bonds is 45. The number of phosphoric ester groups is 1. The molecule has 0 aliphatic carbocycles. The van der Waals surface area contributed by atoms with Crippen molar-refractivity contribution in [2.75, 3.05) is 40.9 Å². The molecule has 0 aliphatic rings. The first-order valence-electron chi connectivity index (χ1n) is 24.7.